The zero-order valence-corrected chi connectivity index (χ0v) is 14.3. The zero-order valence-electron chi connectivity index (χ0n) is 14.3. The Morgan fingerprint density at radius 2 is 1.92 bits per heavy atom. The lowest BCUT2D eigenvalue weighted by atomic mass is 10.1. The fourth-order valence-corrected chi connectivity index (χ4v) is 3.48. The second kappa shape index (κ2) is 6.20. The van der Waals surface area contributed by atoms with Crippen molar-refractivity contribution >= 4 is 22.6 Å². The van der Waals surface area contributed by atoms with E-state index in [-0.39, 0.29) is 11.9 Å². The van der Waals surface area contributed by atoms with Crippen molar-refractivity contribution in [2.24, 2.45) is 0 Å². The number of hydrogen-bond acceptors (Lipinski definition) is 5. The molecule has 2 heterocycles. The maximum absolute atomic E-state index is 12.9. The third-order valence-electron chi connectivity index (χ3n) is 4.85. The van der Waals surface area contributed by atoms with Crippen LogP contribution < -0.4 is 4.90 Å². The van der Waals surface area contributed by atoms with Crippen molar-refractivity contribution in [3.63, 3.8) is 0 Å². The Kier molecular flexibility index (Phi) is 3.87. The Hall–Kier alpha value is -2.89. The summed E-state index contributed by atoms with van der Waals surface area (Å²) in [5.74, 6) is 0.0295. The molecule has 1 aliphatic rings. The normalized spacial score (nSPS) is 17.9. The monoisotopic (exact) mass is 336 g/mol. The molecule has 1 saturated heterocycles. The molecule has 128 valence electrons. The molecule has 6 heteroatoms. The Morgan fingerprint density at radius 1 is 1.12 bits per heavy atom. The van der Waals surface area contributed by atoms with Crippen LogP contribution in [0, 0.1) is 6.92 Å². The minimum atomic E-state index is 0.0295. The van der Waals surface area contributed by atoms with Crippen LogP contribution in [-0.4, -0.2) is 46.8 Å². The van der Waals surface area contributed by atoms with Gasteiger partial charge < -0.3 is 9.80 Å². The van der Waals surface area contributed by atoms with Gasteiger partial charge in [-0.2, -0.15) is 0 Å². The van der Waals surface area contributed by atoms with E-state index in [1.807, 2.05) is 4.90 Å². The van der Waals surface area contributed by atoms with Crippen LogP contribution in [0.1, 0.15) is 22.8 Å². The molecule has 1 fully saturated rings. The number of para-hydroxylation sites is 1. The molecule has 4 rings (SSSR count). The summed E-state index contributed by atoms with van der Waals surface area (Å²) in [5.41, 5.74) is 4.40. The van der Waals surface area contributed by atoms with Crippen molar-refractivity contribution in [2.75, 3.05) is 24.5 Å². The van der Waals surface area contributed by atoms with Crippen LogP contribution in [0.2, 0.25) is 0 Å². The van der Waals surface area contributed by atoms with Gasteiger partial charge >= 0.3 is 0 Å². The van der Waals surface area contributed by atoms with E-state index in [1.54, 1.807) is 18.2 Å². The highest BCUT2D eigenvalue weighted by molar-refractivity contribution is 5.97. The van der Waals surface area contributed by atoms with E-state index < -0.39 is 0 Å². The molecule has 6 nitrogen and oxygen atoms in total. The quantitative estimate of drug-likeness (QED) is 0.720. The molecule has 1 amide bonds. The summed E-state index contributed by atoms with van der Waals surface area (Å²) in [6.45, 7) is 6.57. The summed E-state index contributed by atoms with van der Waals surface area (Å²) in [4.78, 5) is 17.2. The number of rotatable bonds is 2. The zero-order chi connectivity index (χ0) is 17.4. The van der Waals surface area contributed by atoms with E-state index in [2.05, 4.69) is 53.3 Å². The molecule has 0 aliphatic carbocycles. The van der Waals surface area contributed by atoms with Crippen molar-refractivity contribution in [3.05, 3.63) is 53.6 Å². The minimum absolute atomic E-state index is 0.0295. The summed E-state index contributed by atoms with van der Waals surface area (Å²) >= 11 is 0. The number of hydrogen-bond donors (Lipinski definition) is 0. The number of benzene rings is 2. The first kappa shape index (κ1) is 15.6. The van der Waals surface area contributed by atoms with Crippen LogP contribution in [0.15, 0.2) is 47.1 Å². The number of carbonyl (C=O) groups excluding carboxylic acids is 1. The van der Waals surface area contributed by atoms with E-state index in [9.17, 15) is 4.79 Å². The van der Waals surface area contributed by atoms with Crippen molar-refractivity contribution in [3.8, 4) is 0 Å². The number of anilines is 1. The van der Waals surface area contributed by atoms with Gasteiger partial charge in [0.2, 0.25) is 0 Å². The summed E-state index contributed by atoms with van der Waals surface area (Å²) in [6.07, 6.45) is 0. The fraction of sp³-hybridized carbons (Fsp3) is 0.316. The predicted octanol–water partition coefficient (Wildman–Crippen LogP) is 2.88. The van der Waals surface area contributed by atoms with Gasteiger partial charge in [-0.05, 0) is 54.0 Å². The Morgan fingerprint density at radius 3 is 2.72 bits per heavy atom. The smallest absolute Gasteiger partial charge is 0.254 e. The first-order chi connectivity index (χ1) is 12.1. The van der Waals surface area contributed by atoms with Crippen LogP contribution >= 0.6 is 0 Å². The molecule has 1 atom stereocenters. The lowest BCUT2D eigenvalue weighted by Gasteiger charge is -2.41. The fourth-order valence-electron chi connectivity index (χ4n) is 3.48. The average molecular weight is 336 g/mol. The van der Waals surface area contributed by atoms with Gasteiger partial charge in [0, 0.05) is 36.9 Å². The summed E-state index contributed by atoms with van der Waals surface area (Å²) in [6, 6.07) is 13.8. The molecule has 2 aromatic carbocycles. The van der Waals surface area contributed by atoms with Crippen LogP contribution in [0.5, 0.6) is 0 Å². The summed E-state index contributed by atoms with van der Waals surface area (Å²) in [5, 5.41) is 7.60. The number of piperazine rings is 1. The van der Waals surface area contributed by atoms with Gasteiger partial charge in [-0.3, -0.25) is 4.79 Å². The maximum Gasteiger partial charge on any atom is 0.254 e. The van der Waals surface area contributed by atoms with Gasteiger partial charge in [0.05, 0.1) is 0 Å². The third kappa shape index (κ3) is 2.84. The van der Waals surface area contributed by atoms with E-state index in [0.717, 1.165) is 13.1 Å². The SMILES string of the molecule is Cc1ccccc1N1CCN(C(=O)c2ccc3nonc3c2)C(C)C1. The van der Waals surface area contributed by atoms with Gasteiger partial charge in [0.25, 0.3) is 5.91 Å². The van der Waals surface area contributed by atoms with E-state index in [4.69, 9.17) is 4.63 Å². The van der Waals surface area contributed by atoms with Crippen LogP contribution in [0.25, 0.3) is 11.0 Å². The lowest BCUT2D eigenvalue weighted by molar-refractivity contribution is 0.0674. The van der Waals surface area contributed by atoms with Crippen LogP contribution in [0.3, 0.4) is 0 Å². The molecular formula is C19H20N4O2. The highest BCUT2D eigenvalue weighted by Gasteiger charge is 2.29. The molecule has 0 radical (unpaired) electrons. The van der Waals surface area contributed by atoms with Gasteiger partial charge in [-0.25, -0.2) is 4.63 Å². The highest BCUT2D eigenvalue weighted by Crippen LogP contribution is 2.24. The number of amides is 1. The van der Waals surface area contributed by atoms with Gasteiger partial charge in [-0.15, -0.1) is 0 Å². The standard InChI is InChI=1S/C19H20N4O2/c1-13-5-3-4-6-18(13)22-9-10-23(14(2)12-22)19(24)15-7-8-16-17(11-15)21-25-20-16/h3-8,11,14H,9-10,12H2,1-2H3. The van der Waals surface area contributed by atoms with E-state index in [1.165, 1.54) is 11.3 Å². The molecule has 25 heavy (non-hydrogen) atoms. The first-order valence-electron chi connectivity index (χ1n) is 8.47. The van der Waals surface area contributed by atoms with E-state index in [0.29, 0.717) is 23.1 Å². The van der Waals surface area contributed by atoms with Crippen LogP contribution in [-0.2, 0) is 0 Å². The van der Waals surface area contributed by atoms with Crippen molar-refractivity contribution in [1.29, 1.82) is 0 Å². The molecule has 3 aromatic rings. The van der Waals surface area contributed by atoms with Crippen molar-refractivity contribution < 1.29 is 9.42 Å². The number of aromatic nitrogens is 2. The predicted molar refractivity (Wildman–Crippen MR) is 95.7 cm³/mol. The Bertz CT molecular complexity index is 920. The summed E-state index contributed by atoms with van der Waals surface area (Å²) in [7, 11) is 0. The molecule has 0 spiro atoms. The largest absolute Gasteiger partial charge is 0.367 e. The van der Waals surface area contributed by atoms with Crippen LogP contribution in [0.4, 0.5) is 5.69 Å². The second-order valence-corrected chi connectivity index (χ2v) is 6.55. The lowest BCUT2D eigenvalue weighted by Crippen LogP contribution is -2.54. The molecule has 1 unspecified atom stereocenters. The number of carbonyl (C=O) groups is 1. The van der Waals surface area contributed by atoms with Gasteiger partial charge in [-0.1, -0.05) is 18.2 Å². The second-order valence-electron chi connectivity index (χ2n) is 6.55. The first-order valence-corrected chi connectivity index (χ1v) is 8.47. The Labute approximate surface area is 146 Å². The number of fused-ring (bicyclic) bond motifs is 1. The molecule has 0 N–H and O–H groups in total. The van der Waals surface area contributed by atoms with E-state index >= 15 is 0 Å². The van der Waals surface area contributed by atoms with Gasteiger partial charge in [0.1, 0.15) is 11.0 Å². The topological polar surface area (TPSA) is 62.5 Å². The minimum Gasteiger partial charge on any atom is -0.367 e. The molecule has 1 aromatic heterocycles. The molecular weight excluding hydrogens is 316 g/mol. The van der Waals surface area contributed by atoms with Crippen molar-refractivity contribution in [1.82, 2.24) is 15.2 Å². The molecule has 1 aliphatic heterocycles. The third-order valence-corrected chi connectivity index (χ3v) is 4.85. The van der Waals surface area contributed by atoms with Gasteiger partial charge in [0.15, 0.2) is 0 Å². The highest BCUT2D eigenvalue weighted by atomic mass is 16.6. The number of nitrogens with zero attached hydrogens (tertiary/aromatic N) is 4. The average Bonchev–Trinajstić information content (AvgIpc) is 3.09. The number of aryl methyl sites for hydroxylation is 1. The molecule has 0 saturated carbocycles. The Balaban J connectivity index is 1.52. The van der Waals surface area contributed by atoms with Crippen molar-refractivity contribution in [2.45, 2.75) is 19.9 Å². The maximum atomic E-state index is 12.9. The molecule has 0 bridgehead atoms. The summed E-state index contributed by atoms with van der Waals surface area (Å²) < 4.78 is 4.71.